The minimum Gasteiger partial charge on any atom is -0.484 e. The first-order valence-corrected chi connectivity index (χ1v) is 9.83. The summed E-state index contributed by atoms with van der Waals surface area (Å²) in [5, 5.41) is 12.6. The molecule has 0 aliphatic carbocycles. The predicted octanol–water partition coefficient (Wildman–Crippen LogP) is 3.40. The van der Waals surface area contributed by atoms with Gasteiger partial charge in [-0.25, -0.2) is 0 Å². The van der Waals surface area contributed by atoms with E-state index < -0.39 is 0 Å². The summed E-state index contributed by atoms with van der Waals surface area (Å²) in [7, 11) is 0. The highest BCUT2D eigenvalue weighted by Crippen LogP contribution is 2.21. The van der Waals surface area contributed by atoms with E-state index in [1.54, 1.807) is 35.2 Å². The Kier molecular flexibility index (Phi) is 6.71. The van der Waals surface area contributed by atoms with Gasteiger partial charge >= 0.3 is 0 Å². The maximum Gasteiger partial charge on any atom is 0.262 e. The van der Waals surface area contributed by atoms with Crippen LogP contribution in [0.4, 0.5) is 5.69 Å². The van der Waals surface area contributed by atoms with E-state index in [-0.39, 0.29) is 25.0 Å². The molecule has 7 heteroatoms. The van der Waals surface area contributed by atoms with E-state index in [2.05, 4.69) is 5.32 Å². The quantitative estimate of drug-likeness (QED) is 0.623. The van der Waals surface area contributed by atoms with E-state index in [4.69, 9.17) is 10.00 Å². The Hall–Kier alpha value is -3.79. The Morgan fingerprint density at radius 3 is 2.50 bits per heavy atom. The molecule has 1 N–H and O–H groups in total. The molecule has 0 spiro atoms. The van der Waals surface area contributed by atoms with Crippen LogP contribution in [0.3, 0.4) is 0 Å². The van der Waals surface area contributed by atoms with Crippen LogP contribution in [0.5, 0.6) is 5.75 Å². The fraction of sp³-hybridized carbons (Fsp3) is 0.261. The van der Waals surface area contributed by atoms with Crippen molar-refractivity contribution in [2.24, 2.45) is 0 Å². The van der Waals surface area contributed by atoms with Gasteiger partial charge in [0.25, 0.3) is 5.91 Å². The van der Waals surface area contributed by atoms with E-state index in [1.165, 1.54) is 0 Å². The Balaban J connectivity index is 1.61. The van der Waals surface area contributed by atoms with Gasteiger partial charge in [-0.1, -0.05) is 0 Å². The van der Waals surface area contributed by atoms with Crippen LogP contribution in [0.1, 0.15) is 19.4 Å². The van der Waals surface area contributed by atoms with Gasteiger partial charge in [-0.15, -0.1) is 0 Å². The number of likely N-dealkylation sites (N-methyl/N-ethyl adjacent to an activating group) is 1. The topological polar surface area (TPSA) is 87.4 Å². The van der Waals surface area contributed by atoms with Crippen LogP contribution in [0.15, 0.2) is 54.7 Å². The highest BCUT2D eigenvalue weighted by Gasteiger charge is 2.12. The molecule has 154 valence electrons. The molecule has 0 atom stereocenters. The Morgan fingerprint density at radius 2 is 1.83 bits per heavy atom. The summed E-state index contributed by atoms with van der Waals surface area (Å²) in [5.74, 6) is 0.319. The van der Waals surface area contributed by atoms with Crippen molar-refractivity contribution in [1.29, 1.82) is 5.26 Å². The number of carbonyl (C=O) groups is 2. The number of nitrogens with one attached hydrogen (secondary N) is 1. The fourth-order valence-corrected chi connectivity index (χ4v) is 3.21. The van der Waals surface area contributed by atoms with Crippen LogP contribution in [0.2, 0.25) is 0 Å². The summed E-state index contributed by atoms with van der Waals surface area (Å²) >= 11 is 0. The van der Waals surface area contributed by atoms with Gasteiger partial charge in [-0.2, -0.15) is 5.26 Å². The number of hydrogen-bond acceptors (Lipinski definition) is 4. The normalized spacial score (nSPS) is 10.4. The Bertz CT molecular complexity index is 1080. The lowest BCUT2D eigenvalue weighted by Gasteiger charge is -2.19. The number of fused-ring (bicyclic) bond motifs is 1. The molecular formula is C23H24N4O3. The molecule has 2 aromatic carbocycles. The maximum absolute atomic E-state index is 12.4. The molecule has 30 heavy (non-hydrogen) atoms. The van der Waals surface area contributed by atoms with Crippen molar-refractivity contribution in [3.63, 3.8) is 0 Å². The lowest BCUT2D eigenvalue weighted by atomic mass is 10.2. The second-order valence-electron chi connectivity index (χ2n) is 6.76. The number of benzene rings is 2. The molecule has 0 saturated carbocycles. The molecular weight excluding hydrogens is 380 g/mol. The third-order valence-corrected chi connectivity index (χ3v) is 4.83. The average molecular weight is 404 g/mol. The van der Waals surface area contributed by atoms with Crippen LogP contribution in [-0.2, 0) is 16.1 Å². The number of nitrogens with zero attached hydrogens (tertiary/aromatic N) is 3. The molecule has 3 rings (SSSR count). The van der Waals surface area contributed by atoms with Crippen molar-refractivity contribution < 1.29 is 14.3 Å². The van der Waals surface area contributed by atoms with Crippen LogP contribution < -0.4 is 10.1 Å². The molecule has 0 fully saturated rings. The predicted molar refractivity (Wildman–Crippen MR) is 115 cm³/mol. The van der Waals surface area contributed by atoms with E-state index in [0.717, 1.165) is 10.9 Å². The number of rotatable bonds is 8. The molecule has 2 amide bonds. The van der Waals surface area contributed by atoms with Gasteiger partial charge < -0.3 is 19.5 Å². The smallest absolute Gasteiger partial charge is 0.262 e. The summed E-state index contributed by atoms with van der Waals surface area (Å²) in [6.45, 7) is 5.47. The van der Waals surface area contributed by atoms with Gasteiger partial charge in [-0.3, -0.25) is 9.59 Å². The average Bonchev–Trinajstić information content (AvgIpc) is 3.15. The van der Waals surface area contributed by atoms with Gasteiger partial charge in [0.1, 0.15) is 12.3 Å². The third-order valence-electron chi connectivity index (χ3n) is 4.83. The number of aromatic nitrogens is 1. The number of ether oxygens (including phenoxy) is 1. The first kappa shape index (κ1) is 20.9. The molecule has 1 aromatic heterocycles. The first-order valence-electron chi connectivity index (χ1n) is 9.83. The van der Waals surface area contributed by atoms with Crippen molar-refractivity contribution >= 4 is 28.4 Å². The second-order valence-corrected chi connectivity index (χ2v) is 6.76. The van der Waals surface area contributed by atoms with Crippen molar-refractivity contribution in [3.8, 4) is 11.8 Å². The van der Waals surface area contributed by atoms with Gasteiger partial charge in [0.2, 0.25) is 5.91 Å². The molecule has 7 nitrogen and oxygen atoms in total. The largest absolute Gasteiger partial charge is 0.484 e. The summed E-state index contributed by atoms with van der Waals surface area (Å²) < 4.78 is 7.36. The van der Waals surface area contributed by atoms with Crippen molar-refractivity contribution in [3.05, 3.63) is 60.3 Å². The highest BCUT2D eigenvalue weighted by atomic mass is 16.5. The van der Waals surface area contributed by atoms with Crippen molar-refractivity contribution in [2.45, 2.75) is 20.4 Å². The highest BCUT2D eigenvalue weighted by molar-refractivity contribution is 5.95. The van der Waals surface area contributed by atoms with Crippen LogP contribution in [0.25, 0.3) is 10.9 Å². The molecule has 0 aliphatic heterocycles. The molecule has 0 radical (unpaired) electrons. The van der Waals surface area contributed by atoms with Gasteiger partial charge in [-0.05, 0) is 62.4 Å². The van der Waals surface area contributed by atoms with E-state index in [9.17, 15) is 9.59 Å². The lowest BCUT2D eigenvalue weighted by Crippen LogP contribution is -2.33. The Morgan fingerprint density at radius 1 is 1.10 bits per heavy atom. The molecule has 0 saturated heterocycles. The SMILES string of the molecule is CCN(CC)C(=O)Cn1ccc2cc(NC(=O)COc3ccc(C#N)cc3)ccc21. The zero-order chi connectivity index (χ0) is 21.5. The molecule has 1 heterocycles. The van der Waals surface area contributed by atoms with Crippen LogP contribution in [0, 0.1) is 11.3 Å². The monoisotopic (exact) mass is 404 g/mol. The molecule has 3 aromatic rings. The number of amides is 2. The standard InChI is InChI=1S/C23H24N4O3/c1-3-26(4-2)23(29)15-27-12-11-18-13-19(7-10-21(18)27)25-22(28)16-30-20-8-5-17(14-24)6-9-20/h5-13H,3-4,15-16H2,1-2H3,(H,25,28). The first-order chi connectivity index (χ1) is 14.5. The number of anilines is 1. The third kappa shape index (κ3) is 4.97. The summed E-state index contributed by atoms with van der Waals surface area (Å²) in [6.07, 6.45) is 1.88. The van der Waals surface area contributed by atoms with E-state index in [0.29, 0.717) is 30.1 Å². The minimum absolute atomic E-state index is 0.0785. The van der Waals surface area contributed by atoms with Crippen LogP contribution in [-0.4, -0.2) is 41.0 Å². The maximum atomic E-state index is 12.4. The second kappa shape index (κ2) is 9.61. The van der Waals surface area contributed by atoms with E-state index in [1.807, 2.05) is 48.9 Å². The number of carbonyl (C=O) groups excluding carboxylic acids is 2. The summed E-state index contributed by atoms with van der Waals surface area (Å²) in [4.78, 5) is 26.4. The van der Waals surface area contributed by atoms with E-state index >= 15 is 0 Å². The number of hydrogen-bond donors (Lipinski definition) is 1. The van der Waals surface area contributed by atoms with Crippen LogP contribution >= 0.6 is 0 Å². The molecule has 0 aliphatic rings. The molecule has 0 bridgehead atoms. The zero-order valence-corrected chi connectivity index (χ0v) is 17.1. The fourth-order valence-electron chi connectivity index (χ4n) is 3.21. The zero-order valence-electron chi connectivity index (χ0n) is 17.1. The van der Waals surface area contributed by atoms with Crippen molar-refractivity contribution in [1.82, 2.24) is 9.47 Å². The van der Waals surface area contributed by atoms with Gasteiger partial charge in [0.15, 0.2) is 6.61 Å². The van der Waals surface area contributed by atoms with Crippen molar-refractivity contribution in [2.75, 3.05) is 25.0 Å². The lowest BCUT2D eigenvalue weighted by molar-refractivity contribution is -0.131. The summed E-state index contributed by atoms with van der Waals surface area (Å²) in [6, 6.07) is 16.1. The minimum atomic E-state index is -0.283. The van der Waals surface area contributed by atoms with Gasteiger partial charge in [0.05, 0.1) is 11.6 Å². The Labute approximate surface area is 175 Å². The number of nitriles is 1. The molecule has 0 unspecified atom stereocenters. The summed E-state index contributed by atoms with van der Waals surface area (Å²) in [5.41, 5.74) is 2.12. The van der Waals surface area contributed by atoms with Gasteiger partial charge in [0, 0.05) is 35.9 Å².